The number of hydrogen-bond donors (Lipinski definition) is 1. The fourth-order valence-electron chi connectivity index (χ4n) is 3.00. The Labute approximate surface area is 135 Å². The van der Waals surface area contributed by atoms with Crippen LogP contribution >= 0.6 is 0 Å². The zero-order valence-corrected chi connectivity index (χ0v) is 13.6. The standard InChI is InChI=1S/C16H22N4O3/c1-11-12(15(21)17-6-9-22-2)13-14(18-10-19-16(13)23-11)20-7-4-3-5-8-20/h10H,3-9H2,1-2H3,(H,17,21). The van der Waals surface area contributed by atoms with Crippen LogP contribution in [0.3, 0.4) is 0 Å². The van der Waals surface area contributed by atoms with E-state index in [9.17, 15) is 4.79 Å². The molecule has 3 rings (SSSR count). The molecule has 1 saturated heterocycles. The lowest BCUT2D eigenvalue weighted by atomic mass is 10.1. The van der Waals surface area contributed by atoms with Gasteiger partial charge in [0.05, 0.1) is 17.6 Å². The predicted octanol–water partition coefficient (Wildman–Crippen LogP) is 1.90. The summed E-state index contributed by atoms with van der Waals surface area (Å²) in [6, 6.07) is 0. The van der Waals surface area contributed by atoms with Gasteiger partial charge >= 0.3 is 0 Å². The van der Waals surface area contributed by atoms with Gasteiger partial charge in [0.1, 0.15) is 17.9 Å². The number of amides is 1. The Kier molecular flexibility index (Phi) is 4.76. The molecule has 1 amide bonds. The Hall–Kier alpha value is -2.15. The van der Waals surface area contributed by atoms with E-state index in [0.29, 0.717) is 35.6 Å². The van der Waals surface area contributed by atoms with E-state index in [4.69, 9.17) is 9.15 Å². The van der Waals surface area contributed by atoms with Crippen molar-refractivity contribution in [2.75, 3.05) is 38.3 Å². The van der Waals surface area contributed by atoms with Crippen molar-refractivity contribution in [1.82, 2.24) is 15.3 Å². The number of methoxy groups -OCH3 is 1. The van der Waals surface area contributed by atoms with E-state index >= 15 is 0 Å². The number of carbonyl (C=O) groups excluding carboxylic acids is 1. The third kappa shape index (κ3) is 3.14. The summed E-state index contributed by atoms with van der Waals surface area (Å²) in [6.45, 7) is 4.60. The van der Waals surface area contributed by atoms with Crippen molar-refractivity contribution in [2.45, 2.75) is 26.2 Å². The van der Waals surface area contributed by atoms with Gasteiger partial charge in [0, 0.05) is 26.7 Å². The van der Waals surface area contributed by atoms with Gasteiger partial charge in [0.25, 0.3) is 5.91 Å². The van der Waals surface area contributed by atoms with E-state index in [-0.39, 0.29) is 5.91 Å². The summed E-state index contributed by atoms with van der Waals surface area (Å²) in [5.74, 6) is 1.18. The van der Waals surface area contributed by atoms with Crippen LogP contribution in [0.1, 0.15) is 35.4 Å². The third-order valence-corrected chi connectivity index (χ3v) is 4.12. The number of aryl methyl sites for hydroxylation is 1. The number of anilines is 1. The summed E-state index contributed by atoms with van der Waals surface area (Å²) in [5.41, 5.74) is 0.993. The molecule has 0 atom stereocenters. The molecular weight excluding hydrogens is 296 g/mol. The van der Waals surface area contributed by atoms with Gasteiger partial charge in [-0.15, -0.1) is 0 Å². The van der Waals surface area contributed by atoms with Gasteiger partial charge in [-0.3, -0.25) is 4.79 Å². The van der Waals surface area contributed by atoms with E-state index in [1.165, 1.54) is 12.7 Å². The van der Waals surface area contributed by atoms with Crippen LogP contribution in [0.15, 0.2) is 10.7 Å². The lowest BCUT2D eigenvalue weighted by Crippen LogP contribution is -2.31. The Morgan fingerprint density at radius 3 is 2.87 bits per heavy atom. The second kappa shape index (κ2) is 6.95. The monoisotopic (exact) mass is 318 g/mol. The van der Waals surface area contributed by atoms with Crippen LogP contribution in [-0.4, -0.2) is 49.2 Å². The molecule has 0 bridgehead atoms. The highest BCUT2D eigenvalue weighted by Crippen LogP contribution is 2.32. The molecule has 1 fully saturated rings. The molecule has 7 heteroatoms. The summed E-state index contributed by atoms with van der Waals surface area (Å²) < 4.78 is 10.7. The molecule has 2 aromatic heterocycles. The van der Waals surface area contributed by atoms with E-state index in [1.807, 2.05) is 0 Å². The van der Waals surface area contributed by atoms with Crippen LogP contribution in [0.5, 0.6) is 0 Å². The molecule has 0 unspecified atom stereocenters. The van der Waals surface area contributed by atoms with Gasteiger partial charge in [-0.1, -0.05) is 0 Å². The highest BCUT2D eigenvalue weighted by Gasteiger charge is 2.25. The zero-order valence-electron chi connectivity index (χ0n) is 13.6. The van der Waals surface area contributed by atoms with Gasteiger partial charge in [-0.05, 0) is 26.2 Å². The van der Waals surface area contributed by atoms with Crippen molar-refractivity contribution in [3.63, 3.8) is 0 Å². The summed E-state index contributed by atoms with van der Waals surface area (Å²) in [6.07, 6.45) is 5.01. The number of hydrogen-bond acceptors (Lipinski definition) is 6. The minimum atomic E-state index is -0.175. The quantitative estimate of drug-likeness (QED) is 0.848. The molecule has 7 nitrogen and oxygen atoms in total. The molecule has 0 spiro atoms. The molecule has 1 N–H and O–H groups in total. The van der Waals surface area contributed by atoms with Crippen LogP contribution < -0.4 is 10.2 Å². The maximum atomic E-state index is 12.5. The number of nitrogens with one attached hydrogen (secondary N) is 1. The highest BCUT2D eigenvalue weighted by molar-refractivity contribution is 6.10. The van der Waals surface area contributed by atoms with Crippen LogP contribution in [0, 0.1) is 6.92 Å². The normalized spacial score (nSPS) is 15.1. The maximum Gasteiger partial charge on any atom is 0.255 e. The minimum absolute atomic E-state index is 0.175. The van der Waals surface area contributed by atoms with Gasteiger partial charge in [-0.25, -0.2) is 9.97 Å². The van der Waals surface area contributed by atoms with Crippen LogP contribution in [0.25, 0.3) is 11.1 Å². The number of furan rings is 1. The number of aromatic nitrogens is 2. The first-order chi connectivity index (χ1) is 11.2. The third-order valence-electron chi connectivity index (χ3n) is 4.12. The van der Waals surface area contributed by atoms with E-state index in [0.717, 1.165) is 31.7 Å². The fraction of sp³-hybridized carbons (Fsp3) is 0.562. The van der Waals surface area contributed by atoms with Gasteiger partial charge in [-0.2, -0.15) is 0 Å². The first-order valence-corrected chi connectivity index (χ1v) is 7.98. The summed E-state index contributed by atoms with van der Waals surface area (Å²) in [5, 5.41) is 3.56. The van der Waals surface area contributed by atoms with Crippen LogP contribution in [-0.2, 0) is 4.74 Å². The molecule has 1 aliphatic heterocycles. The Bertz CT molecular complexity index is 692. The molecule has 23 heavy (non-hydrogen) atoms. The molecule has 1 aliphatic rings. The maximum absolute atomic E-state index is 12.5. The molecule has 3 heterocycles. The molecule has 0 aliphatic carbocycles. The molecule has 0 radical (unpaired) electrons. The second-order valence-electron chi connectivity index (χ2n) is 5.71. The van der Waals surface area contributed by atoms with E-state index < -0.39 is 0 Å². The number of piperidine rings is 1. The molecule has 0 aromatic carbocycles. The number of carbonyl (C=O) groups is 1. The lowest BCUT2D eigenvalue weighted by Gasteiger charge is -2.28. The van der Waals surface area contributed by atoms with Crippen molar-refractivity contribution in [1.29, 1.82) is 0 Å². The average molecular weight is 318 g/mol. The van der Waals surface area contributed by atoms with Gasteiger partial charge in [0.15, 0.2) is 0 Å². The number of nitrogens with zero attached hydrogens (tertiary/aromatic N) is 3. The topological polar surface area (TPSA) is 80.5 Å². The molecule has 2 aromatic rings. The average Bonchev–Trinajstić information content (AvgIpc) is 2.91. The summed E-state index contributed by atoms with van der Waals surface area (Å²) in [7, 11) is 1.60. The number of ether oxygens (including phenoxy) is 1. The first kappa shape index (κ1) is 15.7. The molecule has 0 saturated carbocycles. The summed E-state index contributed by atoms with van der Waals surface area (Å²) in [4.78, 5) is 23.4. The largest absolute Gasteiger partial charge is 0.442 e. The van der Waals surface area contributed by atoms with Crippen molar-refractivity contribution in [2.24, 2.45) is 0 Å². The highest BCUT2D eigenvalue weighted by atomic mass is 16.5. The summed E-state index contributed by atoms with van der Waals surface area (Å²) >= 11 is 0. The second-order valence-corrected chi connectivity index (χ2v) is 5.71. The van der Waals surface area contributed by atoms with Gasteiger partial charge in [0.2, 0.25) is 5.71 Å². The van der Waals surface area contributed by atoms with Crippen LogP contribution in [0.2, 0.25) is 0 Å². The minimum Gasteiger partial charge on any atom is -0.442 e. The zero-order chi connectivity index (χ0) is 16.2. The van der Waals surface area contributed by atoms with Crippen molar-refractivity contribution < 1.29 is 13.9 Å². The predicted molar refractivity (Wildman–Crippen MR) is 86.8 cm³/mol. The number of fused-ring (bicyclic) bond motifs is 1. The molecular formula is C16H22N4O3. The smallest absolute Gasteiger partial charge is 0.255 e. The van der Waals surface area contributed by atoms with Crippen molar-refractivity contribution in [3.8, 4) is 0 Å². The Morgan fingerprint density at radius 2 is 2.13 bits per heavy atom. The van der Waals surface area contributed by atoms with E-state index in [2.05, 4.69) is 20.2 Å². The lowest BCUT2D eigenvalue weighted by molar-refractivity contribution is 0.0937. The van der Waals surface area contributed by atoms with Gasteiger partial charge < -0.3 is 19.4 Å². The SMILES string of the molecule is COCCNC(=O)c1c(C)oc2ncnc(N3CCCCC3)c12. The van der Waals surface area contributed by atoms with E-state index in [1.54, 1.807) is 14.0 Å². The first-order valence-electron chi connectivity index (χ1n) is 7.98. The van der Waals surface area contributed by atoms with Crippen molar-refractivity contribution in [3.05, 3.63) is 17.7 Å². The van der Waals surface area contributed by atoms with Crippen molar-refractivity contribution >= 4 is 22.8 Å². The fourth-order valence-corrected chi connectivity index (χ4v) is 3.00. The number of rotatable bonds is 5. The van der Waals surface area contributed by atoms with Crippen LogP contribution in [0.4, 0.5) is 5.82 Å². The Morgan fingerprint density at radius 1 is 1.35 bits per heavy atom. The Balaban J connectivity index is 1.99. The molecule has 124 valence electrons.